The van der Waals surface area contributed by atoms with Crippen LogP contribution in [0.5, 0.6) is 0 Å². The molecule has 1 fully saturated rings. The third-order valence-corrected chi connectivity index (χ3v) is 4.80. The fourth-order valence-electron chi connectivity index (χ4n) is 3.61. The van der Waals surface area contributed by atoms with E-state index in [1.807, 2.05) is 6.08 Å². The summed E-state index contributed by atoms with van der Waals surface area (Å²) in [7, 11) is 1.39. The molecular weight excluding hydrogens is 250 g/mol. The smallest absolute Gasteiger partial charge is 0.330 e. The third kappa shape index (κ3) is 2.50. The first-order valence-electron chi connectivity index (χ1n) is 7.31. The Balaban J connectivity index is 1.85. The lowest BCUT2D eigenvalue weighted by Gasteiger charge is -2.15. The summed E-state index contributed by atoms with van der Waals surface area (Å²) in [6.45, 7) is 0. The number of nitrogens with two attached hydrogens (primary N) is 1. The predicted octanol–water partition coefficient (Wildman–Crippen LogP) is 2.32. The van der Waals surface area contributed by atoms with Crippen LogP contribution in [0.25, 0.3) is 6.08 Å². The lowest BCUT2D eigenvalue weighted by molar-refractivity contribution is -0.134. The zero-order valence-electron chi connectivity index (χ0n) is 11.8. The Morgan fingerprint density at radius 3 is 2.65 bits per heavy atom. The van der Waals surface area contributed by atoms with Gasteiger partial charge in [0.15, 0.2) is 0 Å². The van der Waals surface area contributed by atoms with E-state index in [1.54, 1.807) is 0 Å². The molecule has 0 saturated heterocycles. The molecule has 0 aliphatic heterocycles. The first-order valence-corrected chi connectivity index (χ1v) is 7.31. The van der Waals surface area contributed by atoms with E-state index in [0.717, 1.165) is 18.4 Å². The number of rotatable bonds is 2. The van der Waals surface area contributed by atoms with Gasteiger partial charge in [0, 0.05) is 12.1 Å². The summed E-state index contributed by atoms with van der Waals surface area (Å²) < 4.78 is 4.62. The second-order valence-corrected chi connectivity index (χ2v) is 5.97. The van der Waals surface area contributed by atoms with Crippen molar-refractivity contribution >= 4 is 12.0 Å². The minimum atomic E-state index is -0.318. The molecule has 1 saturated carbocycles. The molecule has 0 aromatic heterocycles. The van der Waals surface area contributed by atoms with Crippen LogP contribution in [0.4, 0.5) is 0 Å². The van der Waals surface area contributed by atoms with Gasteiger partial charge in [-0.05, 0) is 60.3 Å². The maximum absolute atomic E-state index is 11.2. The molecule has 3 atom stereocenters. The number of hydrogen-bond donors (Lipinski definition) is 1. The van der Waals surface area contributed by atoms with E-state index < -0.39 is 0 Å². The van der Waals surface area contributed by atoms with Gasteiger partial charge < -0.3 is 10.5 Å². The quantitative estimate of drug-likeness (QED) is 0.663. The summed E-state index contributed by atoms with van der Waals surface area (Å²) in [5.74, 6) is 0.958. The maximum atomic E-state index is 11.2. The van der Waals surface area contributed by atoms with Crippen molar-refractivity contribution in [3.63, 3.8) is 0 Å². The van der Waals surface area contributed by atoms with Crippen LogP contribution in [0, 0.1) is 11.8 Å². The van der Waals surface area contributed by atoms with Crippen LogP contribution in [0.3, 0.4) is 0 Å². The van der Waals surface area contributed by atoms with Gasteiger partial charge in [-0.3, -0.25) is 0 Å². The van der Waals surface area contributed by atoms with Crippen LogP contribution in [-0.2, 0) is 22.4 Å². The summed E-state index contributed by atoms with van der Waals surface area (Å²) in [4.78, 5) is 11.2. The second-order valence-electron chi connectivity index (χ2n) is 5.97. The Morgan fingerprint density at radius 2 is 1.95 bits per heavy atom. The van der Waals surface area contributed by atoms with Gasteiger partial charge in [0.05, 0.1) is 7.11 Å². The fourth-order valence-corrected chi connectivity index (χ4v) is 3.61. The topological polar surface area (TPSA) is 52.3 Å². The molecule has 3 heteroatoms. The largest absolute Gasteiger partial charge is 0.466 e. The van der Waals surface area contributed by atoms with Crippen LogP contribution in [0.2, 0.25) is 0 Å². The van der Waals surface area contributed by atoms with E-state index in [2.05, 4.69) is 22.9 Å². The first-order chi connectivity index (χ1) is 9.67. The van der Waals surface area contributed by atoms with Gasteiger partial charge in [0.25, 0.3) is 0 Å². The zero-order chi connectivity index (χ0) is 14.1. The number of ether oxygens (including phenoxy) is 1. The number of esters is 1. The number of methoxy groups -OCH3 is 1. The van der Waals surface area contributed by atoms with Gasteiger partial charge in [-0.1, -0.05) is 18.2 Å². The van der Waals surface area contributed by atoms with Crippen molar-refractivity contribution in [2.24, 2.45) is 17.6 Å². The van der Waals surface area contributed by atoms with Gasteiger partial charge in [0.1, 0.15) is 0 Å². The minimum absolute atomic E-state index is 0.318. The minimum Gasteiger partial charge on any atom is -0.466 e. The second kappa shape index (κ2) is 5.41. The highest BCUT2D eigenvalue weighted by molar-refractivity contribution is 5.86. The van der Waals surface area contributed by atoms with Crippen molar-refractivity contribution in [1.82, 2.24) is 0 Å². The van der Waals surface area contributed by atoms with Crippen molar-refractivity contribution in [1.29, 1.82) is 0 Å². The molecule has 2 bridgehead atoms. The molecule has 0 unspecified atom stereocenters. The highest BCUT2D eigenvalue weighted by Gasteiger charge is 2.36. The monoisotopic (exact) mass is 271 g/mol. The third-order valence-electron chi connectivity index (χ3n) is 4.80. The Labute approximate surface area is 119 Å². The molecule has 0 spiro atoms. The lowest BCUT2D eigenvalue weighted by Crippen LogP contribution is -2.31. The van der Waals surface area contributed by atoms with E-state index in [4.69, 9.17) is 5.73 Å². The number of carbonyl (C=O) groups excluding carboxylic acids is 1. The highest BCUT2D eigenvalue weighted by Crippen LogP contribution is 2.39. The lowest BCUT2D eigenvalue weighted by atomic mass is 9.92. The molecule has 0 radical (unpaired) electrons. The maximum Gasteiger partial charge on any atom is 0.330 e. The zero-order valence-corrected chi connectivity index (χ0v) is 11.8. The summed E-state index contributed by atoms with van der Waals surface area (Å²) in [5, 5.41) is 0. The van der Waals surface area contributed by atoms with Crippen molar-refractivity contribution in [2.75, 3.05) is 7.11 Å². The van der Waals surface area contributed by atoms with Crippen LogP contribution < -0.4 is 5.73 Å². The van der Waals surface area contributed by atoms with Crippen molar-refractivity contribution in [2.45, 2.75) is 31.7 Å². The van der Waals surface area contributed by atoms with E-state index >= 15 is 0 Å². The molecule has 1 aromatic rings. The van der Waals surface area contributed by atoms with Crippen LogP contribution in [0.15, 0.2) is 24.3 Å². The van der Waals surface area contributed by atoms with Gasteiger partial charge in [0.2, 0.25) is 0 Å². The average molecular weight is 271 g/mol. The average Bonchev–Trinajstić information content (AvgIpc) is 2.71. The van der Waals surface area contributed by atoms with Crippen LogP contribution in [-0.4, -0.2) is 19.1 Å². The number of benzene rings is 1. The molecule has 2 aliphatic rings. The molecule has 106 valence electrons. The number of carbonyl (C=O) groups is 1. The van der Waals surface area contributed by atoms with Crippen molar-refractivity contribution in [3.8, 4) is 0 Å². The molecule has 1 aromatic carbocycles. The molecule has 2 aliphatic carbocycles. The summed E-state index contributed by atoms with van der Waals surface area (Å²) >= 11 is 0. The summed E-state index contributed by atoms with van der Waals surface area (Å²) in [6, 6.07) is 6.82. The van der Waals surface area contributed by atoms with Gasteiger partial charge in [-0.25, -0.2) is 4.79 Å². The van der Waals surface area contributed by atoms with Crippen LogP contribution >= 0.6 is 0 Å². The first kappa shape index (κ1) is 13.4. The molecule has 3 rings (SSSR count). The molecular formula is C17H21NO2. The molecule has 0 heterocycles. The van der Waals surface area contributed by atoms with Crippen molar-refractivity contribution < 1.29 is 9.53 Å². The molecule has 3 nitrogen and oxygen atoms in total. The normalized spacial score (nSPS) is 28.2. The SMILES string of the molecule is COC(=O)/C=C/c1ccc2c(c1)C[C@H]1CC[C@@H](C2)[C@H]1N. The summed E-state index contributed by atoms with van der Waals surface area (Å²) in [6.07, 6.45) is 8.00. The van der Waals surface area contributed by atoms with E-state index in [1.165, 1.54) is 37.2 Å². The van der Waals surface area contributed by atoms with E-state index in [-0.39, 0.29) is 5.97 Å². The number of hydrogen-bond acceptors (Lipinski definition) is 3. The fraction of sp³-hybridized carbons (Fsp3) is 0.471. The standard InChI is InChI=1S/C17H21NO2/c1-20-16(19)7-3-11-2-4-12-9-13-5-6-14(17(13)18)10-15(12)8-11/h2-4,7-8,13-14,17H,5-6,9-10,18H2,1H3/b7-3+/t13-,14+,17+/m0/s1. The Morgan fingerprint density at radius 1 is 1.25 bits per heavy atom. The highest BCUT2D eigenvalue weighted by atomic mass is 16.5. The van der Waals surface area contributed by atoms with E-state index in [9.17, 15) is 4.79 Å². The van der Waals surface area contributed by atoms with Crippen molar-refractivity contribution in [3.05, 3.63) is 41.0 Å². The predicted molar refractivity (Wildman–Crippen MR) is 79.1 cm³/mol. The summed E-state index contributed by atoms with van der Waals surface area (Å²) in [5.41, 5.74) is 10.2. The number of fused-ring (bicyclic) bond motifs is 3. The molecule has 20 heavy (non-hydrogen) atoms. The molecule has 0 amide bonds. The van der Waals surface area contributed by atoms with Gasteiger partial charge in [-0.2, -0.15) is 0 Å². The van der Waals surface area contributed by atoms with E-state index in [0.29, 0.717) is 17.9 Å². The van der Waals surface area contributed by atoms with Gasteiger partial charge >= 0.3 is 5.97 Å². The van der Waals surface area contributed by atoms with Gasteiger partial charge in [-0.15, -0.1) is 0 Å². The Kier molecular flexibility index (Phi) is 3.62. The van der Waals surface area contributed by atoms with Crippen LogP contribution in [0.1, 0.15) is 29.5 Å². The molecule has 2 N–H and O–H groups in total. The Bertz CT molecular complexity index is 550. The Hall–Kier alpha value is -1.61.